The van der Waals surface area contributed by atoms with Crippen LogP contribution in [0.5, 0.6) is 0 Å². The first kappa shape index (κ1) is 17.1. The Morgan fingerprint density at radius 2 is 1.68 bits per heavy atom. The summed E-state index contributed by atoms with van der Waals surface area (Å²) < 4.78 is 5.48. The van der Waals surface area contributed by atoms with Gasteiger partial charge in [-0.2, -0.15) is 0 Å². The molecule has 3 saturated carbocycles. The summed E-state index contributed by atoms with van der Waals surface area (Å²) in [5.74, 6) is 2.94. The van der Waals surface area contributed by atoms with E-state index in [9.17, 15) is 4.79 Å². The van der Waals surface area contributed by atoms with Gasteiger partial charge in [0.05, 0.1) is 0 Å². The minimum Gasteiger partial charge on any atom is -0.360 e. The Morgan fingerprint density at radius 1 is 1.00 bits per heavy atom. The molecule has 3 fully saturated rings. The fourth-order valence-corrected chi connectivity index (χ4v) is 5.20. The summed E-state index contributed by atoms with van der Waals surface area (Å²) in [6.45, 7) is 4.68. The third-order valence-corrected chi connectivity index (χ3v) is 6.48. The van der Waals surface area contributed by atoms with Gasteiger partial charge in [-0.15, -0.1) is 0 Å². The normalized spacial score (nSPS) is 31.0. The number of carbonyl (C=O) groups is 1. The minimum absolute atomic E-state index is 0.119. The maximum Gasteiger partial charge on any atom is 0.276 e. The molecule has 0 bridgehead atoms. The van der Waals surface area contributed by atoms with Gasteiger partial charge in [0.25, 0.3) is 5.91 Å². The van der Waals surface area contributed by atoms with Crippen molar-refractivity contribution < 1.29 is 9.32 Å². The van der Waals surface area contributed by atoms with Gasteiger partial charge in [0.2, 0.25) is 0 Å². The summed E-state index contributed by atoms with van der Waals surface area (Å²) >= 11 is 0. The molecular formula is C21H32N2O2. The SMILES string of the molecule is CC1CC(C)CC(N(C(=O)c2cc(C3CC3)on2)C2CCCCC2)C1. The molecule has 0 saturated heterocycles. The molecule has 1 aromatic rings. The van der Waals surface area contributed by atoms with Crippen LogP contribution in [0.25, 0.3) is 0 Å². The number of rotatable bonds is 4. The zero-order valence-electron chi connectivity index (χ0n) is 15.7. The van der Waals surface area contributed by atoms with Crippen molar-refractivity contribution >= 4 is 5.91 Å². The largest absolute Gasteiger partial charge is 0.360 e. The summed E-state index contributed by atoms with van der Waals surface area (Å²) in [7, 11) is 0. The highest BCUT2D eigenvalue weighted by atomic mass is 16.5. The van der Waals surface area contributed by atoms with E-state index in [0.717, 1.165) is 31.4 Å². The first-order valence-electron chi connectivity index (χ1n) is 10.4. The standard InChI is InChI=1S/C21H32N2O2/c1-14-10-15(2)12-18(11-14)23(17-6-4-3-5-7-17)21(24)19-13-20(25-22-19)16-8-9-16/h13-18H,3-12H2,1-2H3. The van der Waals surface area contributed by atoms with E-state index in [1.807, 2.05) is 6.07 Å². The predicted octanol–water partition coefficient (Wildman–Crippen LogP) is 5.15. The highest BCUT2D eigenvalue weighted by molar-refractivity contribution is 5.92. The van der Waals surface area contributed by atoms with Crippen molar-refractivity contribution in [1.29, 1.82) is 0 Å². The quantitative estimate of drug-likeness (QED) is 0.758. The Morgan fingerprint density at radius 3 is 2.32 bits per heavy atom. The fraction of sp³-hybridized carbons (Fsp3) is 0.810. The van der Waals surface area contributed by atoms with Crippen LogP contribution in [0.1, 0.15) is 100 Å². The molecule has 4 heteroatoms. The average molecular weight is 344 g/mol. The van der Waals surface area contributed by atoms with Crippen molar-refractivity contribution in [3.63, 3.8) is 0 Å². The summed E-state index contributed by atoms with van der Waals surface area (Å²) in [6.07, 6.45) is 12.0. The van der Waals surface area contributed by atoms with E-state index < -0.39 is 0 Å². The molecule has 2 atom stereocenters. The van der Waals surface area contributed by atoms with Crippen LogP contribution in [0.15, 0.2) is 10.6 Å². The zero-order chi connectivity index (χ0) is 17.4. The molecular weight excluding hydrogens is 312 g/mol. The second-order valence-corrected chi connectivity index (χ2v) is 8.96. The van der Waals surface area contributed by atoms with Crippen LogP contribution in [0.4, 0.5) is 0 Å². The van der Waals surface area contributed by atoms with E-state index in [1.54, 1.807) is 0 Å². The lowest BCUT2D eigenvalue weighted by Crippen LogP contribution is -2.50. The number of carbonyl (C=O) groups excluding carboxylic acids is 1. The first-order chi connectivity index (χ1) is 12.1. The molecule has 25 heavy (non-hydrogen) atoms. The maximum atomic E-state index is 13.4. The van der Waals surface area contributed by atoms with Gasteiger partial charge in [-0.25, -0.2) is 0 Å². The van der Waals surface area contributed by atoms with E-state index in [0.29, 0.717) is 35.5 Å². The van der Waals surface area contributed by atoms with Gasteiger partial charge in [0, 0.05) is 24.1 Å². The Bertz CT molecular complexity index is 591. The van der Waals surface area contributed by atoms with Crippen LogP contribution in [0.2, 0.25) is 0 Å². The summed E-state index contributed by atoms with van der Waals surface area (Å²) in [5.41, 5.74) is 0.540. The summed E-state index contributed by atoms with van der Waals surface area (Å²) in [4.78, 5) is 15.7. The number of hydrogen-bond donors (Lipinski definition) is 0. The number of amides is 1. The van der Waals surface area contributed by atoms with Crippen molar-refractivity contribution in [1.82, 2.24) is 10.1 Å². The second-order valence-electron chi connectivity index (χ2n) is 8.96. The average Bonchev–Trinajstić information content (AvgIpc) is 3.32. The third kappa shape index (κ3) is 3.78. The van der Waals surface area contributed by atoms with E-state index >= 15 is 0 Å². The van der Waals surface area contributed by atoms with Gasteiger partial charge in [0.1, 0.15) is 5.76 Å². The lowest BCUT2D eigenvalue weighted by atomic mass is 9.78. The van der Waals surface area contributed by atoms with Gasteiger partial charge in [-0.3, -0.25) is 4.79 Å². The molecule has 0 radical (unpaired) electrons. The van der Waals surface area contributed by atoms with Gasteiger partial charge < -0.3 is 9.42 Å². The monoisotopic (exact) mass is 344 g/mol. The zero-order valence-corrected chi connectivity index (χ0v) is 15.7. The number of aromatic nitrogens is 1. The molecule has 3 aliphatic rings. The third-order valence-electron chi connectivity index (χ3n) is 6.48. The van der Waals surface area contributed by atoms with Crippen molar-refractivity contribution in [3.05, 3.63) is 17.5 Å². The van der Waals surface area contributed by atoms with Gasteiger partial charge in [0.15, 0.2) is 5.69 Å². The smallest absolute Gasteiger partial charge is 0.276 e. The van der Waals surface area contributed by atoms with Crippen LogP contribution in [-0.2, 0) is 0 Å². The number of nitrogens with zero attached hydrogens (tertiary/aromatic N) is 2. The molecule has 1 aromatic heterocycles. The number of hydrogen-bond acceptors (Lipinski definition) is 3. The van der Waals surface area contributed by atoms with E-state index in [1.165, 1.54) is 38.5 Å². The molecule has 138 valence electrons. The van der Waals surface area contributed by atoms with Gasteiger partial charge >= 0.3 is 0 Å². The topological polar surface area (TPSA) is 46.3 Å². The van der Waals surface area contributed by atoms with Crippen LogP contribution < -0.4 is 0 Å². The molecule has 4 nitrogen and oxygen atoms in total. The van der Waals surface area contributed by atoms with Gasteiger partial charge in [-0.1, -0.05) is 38.3 Å². The van der Waals surface area contributed by atoms with Crippen molar-refractivity contribution in [2.75, 3.05) is 0 Å². The van der Waals surface area contributed by atoms with Crippen molar-refractivity contribution in [2.45, 2.75) is 96.1 Å². The minimum atomic E-state index is 0.119. The fourth-order valence-electron chi connectivity index (χ4n) is 5.20. The molecule has 0 N–H and O–H groups in total. The van der Waals surface area contributed by atoms with E-state index in [2.05, 4.69) is 23.9 Å². The van der Waals surface area contributed by atoms with Crippen LogP contribution in [-0.4, -0.2) is 28.0 Å². The molecule has 1 amide bonds. The highest BCUT2D eigenvalue weighted by Gasteiger charge is 2.38. The molecule has 0 spiro atoms. The summed E-state index contributed by atoms with van der Waals surface area (Å²) in [5, 5.41) is 4.16. The molecule has 0 aromatic carbocycles. The van der Waals surface area contributed by atoms with E-state index in [4.69, 9.17) is 4.52 Å². The molecule has 4 rings (SSSR count). The molecule has 1 heterocycles. The van der Waals surface area contributed by atoms with Gasteiger partial charge in [-0.05, 0) is 56.8 Å². The van der Waals surface area contributed by atoms with Crippen LogP contribution in [0.3, 0.4) is 0 Å². The molecule has 3 aliphatic carbocycles. The second kappa shape index (κ2) is 7.13. The van der Waals surface area contributed by atoms with E-state index in [-0.39, 0.29) is 5.91 Å². The highest BCUT2D eigenvalue weighted by Crippen LogP contribution is 2.41. The Hall–Kier alpha value is -1.32. The maximum absolute atomic E-state index is 13.4. The Kier molecular flexibility index (Phi) is 4.88. The summed E-state index contributed by atoms with van der Waals surface area (Å²) in [6, 6.07) is 2.69. The lowest BCUT2D eigenvalue weighted by molar-refractivity contribution is 0.0345. The molecule has 2 unspecified atom stereocenters. The van der Waals surface area contributed by atoms with Crippen molar-refractivity contribution in [2.24, 2.45) is 11.8 Å². The lowest BCUT2D eigenvalue weighted by Gasteiger charge is -2.44. The first-order valence-corrected chi connectivity index (χ1v) is 10.4. The van der Waals surface area contributed by atoms with Crippen molar-refractivity contribution in [3.8, 4) is 0 Å². The van der Waals surface area contributed by atoms with Crippen LogP contribution in [0, 0.1) is 11.8 Å². The predicted molar refractivity (Wildman–Crippen MR) is 97.5 cm³/mol. The Balaban J connectivity index is 1.57. The molecule has 0 aliphatic heterocycles. The Labute approximate surface area is 151 Å². The van der Waals surface area contributed by atoms with Crippen LogP contribution >= 0.6 is 0 Å².